The molecule has 1 saturated heterocycles. The third-order valence-electron chi connectivity index (χ3n) is 8.70. The number of benzene rings is 3. The molecule has 0 radical (unpaired) electrons. The minimum Gasteiger partial charge on any atom is -0.448 e. The minimum absolute atomic E-state index is 0.0572. The fraction of sp³-hybridized carbons (Fsp3) is 0.297. The number of amidine groups is 1. The van der Waals surface area contributed by atoms with Crippen molar-refractivity contribution in [2.45, 2.75) is 37.5 Å². The highest BCUT2D eigenvalue weighted by Gasteiger charge is 2.50. The summed E-state index contributed by atoms with van der Waals surface area (Å²) < 4.78 is 33.4. The Bertz CT molecular complexity index is 1590. The first-order valence-corrected chi connectivity index (χ1v) is 16.2. The number of aliphatic imine (C=N–C) groups is 1. The number of hydrogen-bond acceptors (Lipinski definition) is 6. The maximum absolute atomic E-state index is 15.4. The Morgan fingerprint density at radius 2 is 1.76 bits per heavy atom. The number of hydrogen-bond donors (Lipinski definition) is 1. The molecule has 1 N–H and O–H groups in total. The molecule has 3 aliphatic rings. The second kappa shape index (κ2) is 14.0. The first-order chi connectivity index (χ1) is 22.0. The van der Waals surface area contributed by atoms with Crippen LogP contribution >= 0.6 is 11.8 Å². The molecule has 2 heterocycles. The average molecular weight is 625 g/mol. The van der Waals surface area contributed by atoms with Crippen molar-refractivity contribution in [3.8, 4) is 11.1 Å². The van der Waals surface area contributed by atoms with E-state index in [0.29, 0.717) is 30.6 Å². The smallest absolute Gasteiger partial charge is 0.413 e. The summed E-state index contributed by atoms with van der Waals surface area (Å²) in [6.07, 6.45) is 4.64. The highest BCUT2D eigenvalue weighted by molar-refractivity contribution is 8.13. The summed E-state index contributed by atoms with van der Waals surface area (Å²) in [5, 5.41) is 3.19. The number of rotatable bonds is 9. The van der Waals surface area contributed by atoms with Gasteiger partial charge in [-0.1, -0.05) is 109 Å². The molecule has 0 aromatic heterocycles. The van der Waals surface area contributed by atoms with Crippen molar-refractivity contribution in [2.24, 2.45) is 10.9 Å². The van der Waals surface area contributed by atoms with Crippen molar-refractivity contribution >= 4 is 23.0 Å². The van der Waals surface area contributed by atoms with E-state index < -0.39 is 17.5 Å². The predicted octanol–water partition coefficient (Wildman–Crippen LogP) is 7.97. The van der Waals surface area contributed by atoms with Crippen LogP contribution in [0, 0.1) is 5.92 Å². The molecule has 0 unspecified atom stereocenters. The number of nitrogens with zero attached hydrogens (tertiary/aromatic N) is 1. The lowest BCUT2D eigenvalue weighted by atomic mass is 9.75. The molecule has 3 aromatic rings. The van der Waals surface area contributed by atoms with Crippen molar-refractivity contribution in [3.05, 3.63) is 132 Å². The molecule has 0 saturated carbocycles. The summed E-state index contributed by atoms with van der Waals surface area (Å²) in [5.41, 5.74) is 4.87. The number of amides is 1. The molecular weight excluding hydrogens is 587 g/mol. The van der Waals surface area contributed by atoms with Gasteiger partial charge in [-0.25, -0.2) is 14.2 Å². The highest BCUT2D eigenvalue weighted by atomic mass is 32.2. The summed E-state index contributed by atoms with van der Waals surface area (Å²) in [4.78, 5) is 18.0. The molecule has 1 fully saturated rings. The Morgan fingerprint density at radius 1 is 1.07 bits per heavy atom. The molecule has 1 aliphatic carbocycles. The summed E-state index contributed by atoms with van der Waals surface area (Å²) in [6.45, 7) is 7.18. The van der Waals surface area contributed by atoms with Gasteiger partial charge in [0.1, 0.15) is 18.0 Å². The zero-order chi connectivity index (χ0) is 31.2. The van der Waals surface area contributed by atoms with Crippen LogP contribution in [0.4, 0.5) is 9.18 Å². The zero-order valence-electron chi connectivity index (χ0n) is 25.3. The standard InChI is InChI=1S/C37H37FN2O4S/c1-3-4-18-34(38)25(2)37-24-44-28(21-42-20-26-12-6-5-7-13-26)19-27(37)23-45-35(40-37)39-36(41)43-22-33-31-16-10-8-14-29(31)30-15-9-11-17-32(30)33/h3-18,27-28,33H,2,19-24H2,1H3,(H,39,40,41)/b4-3-,34-18+/t27-,28+,37+/m0/s1. The van der Waals surface area contributed by atoms with Gasteiger partial charge in [0.15, 0.2) is 5.17 Å². The number of carbonyl (C=O) groups is 1. The van der Waals surface area contributed by atoms with E-state index in [1.807, 2.05) is 61.5 Å². The molecule has 0 spiro atoms. The lowest BCUT2D eigenvalue weighted by Gasteiger charge is -2.46. The Balaban J connectivity index is 1.14. The maximum Gasteiger partial charge on any atom is 0.413 e. The quantitative estimate of drug-likeness (QED) is 0.245. The number of thioether (sulfide) groups is 1. The number of fused-ring (bicyclic) bond motifs is 4. The number of halogens is 1. The first-order valence-electron chi connectivity index (χ1n) is 15.2. The van der Waals surface area contributed by atoms with E-state index in [2.05, 4.69) is 36.2 Å². The molecule has 0 bridgehead atoms. The van der Waals surface area contributed by atoms with Crippen LogP contribution in [0.25, 0.3) is 11.1 Å². The fourth-order valence-electron chi connectivity index (χ4n) is 6.34. The molecule has 1 amide bonds. The van der Waals surface area contributed by atoms with Gasteiger partial charge >= 0.3 is 6.09 Å². The van der Waals surface area contributed by atoms with E-state index in [1.54, 1.807) is 12.2 Å². The maximum atomic E-state index is 15.4. The Morgan fingerprint density at radius 3 is 2.47 bits per heavy atom. The van der Waals surface area contributed by atoms with Crippen LogP contribution in [0.3, 0.4) is 0 Å². The summed E-state index contributed by atoms with van der Waals surface area (Å²) in [7, 11) is 0. The van der Waals surface area contributed by atoms with E-state index in [-0.39, 0.29) is 36.7 Å². The minimum atomic E-state index is -1.06. The third-order valence-corrected chi connectivity index (χ3v) is 9.73. The number of alkyl carbamates (subject to hydrolysis) is 1. The SMILES string of the molecule is C=C(/C(F)=C\C=C/C)[C@]12CO[C@@H](COCc3ccccc3)C[C@H]1CSC(NC(=O)OCC1c3ccccc3-c3ccccc31)=N2. The van der Waals surface area contributed by atoms with Gasteiger partial charge in [0.25, 0.3) is 0 Å². The summed E-state index contributed by atoms with van der Waals surface area (Å²) in [6, 6.07) is 26.4. The van der Waals surface area contributed by atoms with Crippen molar-refractivity contribution in [1.29, 1.82) is 0 Å². The normalized spacial score (nSPS) is 22.7. The van der Waals surface area contributed by atoms with Crippen LogP contribution in [0.2, 0.25) is 0 Å². The van der Waals surface area contributed by atoms with Gasteiger partial charge in [-0.2, -0.15) is 0 Å². The van der Waals surface area contributed by atoms with Crippen LogP contribution in [-0.2, 0) is 20.8 Å². The molecule has 6 rings (SSSR count). The molecule has 3 aromatic carbocycles. The molecule has 45 heavy (non-hydrogen) atoms. The van der Waals surface area contributed by atoms with Gasteiger partial charge in [0.05, 0.1) is 25.9 Å². The van der Waals surface area contributed by atoms with E-state index in [0.717, 1.165) is 27.8 Å². The Hall–Kier alpha value is -3.98. The van der Waals surface area contributed by atoms with Crippen LogP contribution in [0.5, 0.6) is 0 Å². The zero-order valence-corrected chi connectivity index (χ0v) is 26.1. The summed E-state index contributed by atoms with van der Waals surface area (Å²) in [5.74, 6) is 0.0264. The lowest BCUT2D eigenvalue weighted by molar-refractivity contribution is -0.0819. The monoisotopic (exact) mass is 624 g/mol. The van der Waals surface area contributed by atoms with Crippen molar-refractivity contribution < 1.29 is 23.4 Å². The van der Waals surface area contributed by atoms with Crippen LogP contribution < -0.4 is 5.32 Å². The fourth-order valence-corrected chi connectivity index (χ4v) is 7.49. The van der Waals surface area contributed by atoms with Gasteiger partial charge < -0.3 is 14.2 Å². The molecule has 3 atom stereocenters. The molecule has 2 aliphatic heterocycles. The van der Waals surface area contributed by atoms with E-state index in [4.69, 9.17) is 19.2 Å². The highest BCUT2D eigenvalue weighted by Crippen LogP contribution is 2.46. The Labute approximate surface area is 268 Å². The third kappa shape index (κ3) is 6.69. The first kappa shape index (κ1) is 31.0. The number of carbonyl (C=O) groups excluding carboxylic acids is 1. The number of nitrogens with one attached hydrogen (secondary N) is 1. The lowest BCUT2D eigenvalue weighted by Crippen LogP contribution is -2.54. The van der Waals surface area contributed by atoms with Crippen LogP contribution in [-0.4, -0.2) is 48.5 Å². The van der Waals surface area contributed by atoms with Gasteiger partial charge in [0.2, 0.25) is 0 Å². The van der Waals surface area contributed by atoms with E-state index in [1.165, 1.54) is 17.8 Å². The van der Waals surface area contributed by atoms with E-state index >= 15 is 4.39 Å². The van der Waals surface area contributed by atoms with Gasteiger partial charge in [-0.15, -0.1) is 0 Å². The average Bonchev–Trinajstić information content (AvgIpc) is 3.40. The largest absolute Gasteiger partial charge is 0.448 e. The predicted molar refractivity (Wildman–Crippen MR) is 178 cm³/mol. The van der Waals surface area contributed by atoms with Gasteiger partial charge in [-0.3, -0.25) is 5.32 Å². The van der Waals surface area contributed by atoms with Gasteiger partial charge in [0, 0.05) is 23.2 Å². The van der Waals surface area contributed by atoms with Crippen LogP contribution in [0.15, 0.2) is 120 Å². The van der Waals surface area contributed by atoms with Crippen molar-refractivity contribution in [2.75, 3.05) is 25.6 Å². The number of allylic oxidation sites excluding steroid dienone is 3. The molecule has 232 valence electrons. The molecule has 8 heteroatoms. The molecule has 6 nitrogen and oxygen atoms in total. The van der Waals surface area contributed by atoms with Crippen molar-refractivity contribution in [3.63, 3.8) is 0 Å². The number of ether oxygens (including phenoxy) is 3. The van der Waals surface area contributed by atoms with Crippen molar-refractivity contribution in [1.82, 2.24) is 5.32 Å². The second-order valence-corrected chi connectivity index (χ2v) is 12.5. The Kier molecular flexibility index (Phi) is 9.64. The summed E-state index contributed by atoms with van der Waals surface area (Å²) >= 11 is 1.43. The van der Waals surface area contributed by atoms with Crippen LogP contribution in [0.1, 0.15) is 36.0 Å². The topological polar surface area (TPSA) is 69.2 Å². The van der Waals surface area contributed by atoms with Gasteiger partial charge in [-0.05, 0) is 47.2 Å². The second-order valence-electron chi connectivity index (χ2n) is 11.5. The molecular formula is C37H37FN2O4S. The van der Waals surface area contributed by atoms with E-state index in [9.17, 15) is 4.79 Å².